The van der Waals surface area contributed by atoms with Gasteiger partial charge in [0.1, 0.15) is 0 Å². The number of rotatable bonds is 2. The smallest absolute Gasteiger partial charge is 0.260 e. The second-order valence-electron chi connectivity index (χ2n) is 3.88. The predicted octanol–water partition coefficient (Wildman–Crippen LogP) is 3.74. The van der Waals surface area contributed by atoms with Crippen molar-refractivity contribution in [3.05, 3.63) is 20.8 Å². The fourth-order valence-corrected chi connectivity index (χ4v) is 3.36. The predicted molar refractivity (Wildman–Crippen MR) is 61.5 cm³/mol. The molecule has 15 heavy (non-hydrogen) atoms. The molecular weight excluding hydrogens is 284 g/mol. The van der Waals surface area contributed by atoms with Gasteiger partial charge in [-0.05, 0) is 41.0 Å². The van der Waals surface area contributed by atoms with Gasteiger partial charge in [0.05, 0.1) is 10.3 Å². The molecule has 2 heterocycles. The normalized spacial score (nSPS) is 21.8. The monoisotopic (exact) mass is 295 g/mol. The maximum atomic E-state index is 13.1. The summed E-state index contributed by atoms with van der Waals surface area (Å²) in [7, 11) is 0. The van der Waals surface area contributed by atoms with E-state index < -0.39 is 5.92 Å². The van der Waals surface area contributed by atoms with Crippen LogP contribution in [0.25, 0.3) is 0 Å². The van der Waals surface area contributed by atoms with Crippen LogP contribution in [0.3, 0.4) is 0 Å². The van der Waals surface area contributed by atoms with E-state index in [1.54, 1.807) is 11.3 Å². The van der Waals surface area contributed by atoms with Crippen molar-refractivity contribution in [1.29, 1.82) is 0 Å². The Kier molecular flexibility index (Phi) is 3.42. The van der Waals surface area contributed by atoms with Crippen LogP contribution in [0.15, 0.2) is 15.9 Å². The first kappa shape index (κ1) is 11.5. The topological polar surface area (TPSA) is 3.24 Å². The summed E-state index contributed by atoms with van der Waals surface area (Å²) in [5.74, 6) is -2.49. The van der Waals surface area contributed by atoms with Gasteiger partial charge in [-0.1, -0.05) is 0 Å². The molecule has 1 saturated heterocycles. The Morgan fingerprint density at radius 2 is 2.27 bits per heavy atom. The summed E-state index contributed by atoms with van der Waals surface area (Å²) in [6, 6.07) is 3.95. The number of likely N-dealkylation sites (tertiary alicyclic amines) is 1. The molecule has 2 rings (SSSR count). The van der Waals surface area contributed by atoms with E-state index in [4.69, 9.17) is 0 Å². The standard InChI is InChI=1S/C10H12BrF2NS/c11-9-3-2-8(15-9)6-14-5-1-4-10(12,13)7-14/h2-3H,1,4-7H2. The first-order valence-corrected chi connectivity index (χ1v) is 6.50. The third kappa shape index (κ3) is 3.23. The summed E-state index contributed by atoms with van der Waals surface area (Å²) in [6.45, 7) is 1.33. The van der Waals surface area contributed by atoms with Crippen molar-refractivity contribution in [2.45, 2.75) is 25.3 Å². The minimum absolute atomic E-state index is 0.0393. The second-order valence-corrected chi connectivity index (χ2v) is 6.42. The van der Waals surface area contributed by atoms with Gasteiger partial charge in [0.15, 0.2) is 0 Å². The molecule has 0 amide bonds. The molecule has 0 atom stereocenters. The quantitative estimate of drug-likeness (QED) is 0.803. The van der Waals surface area contributed by atoms with Crippen LogP contribution in [0.1, 0.15) is 17.7 Å². The second kappa shape index (κ2) is 4.47. The van der Waals surface area contributed by atoms with Crippen molar-refractivity contribution in [1.82, 2.24) is 4.90 Å². The molecule has 0 aromatic carbocycles. The molecular formula is C10H12BrF2NS. The van der Waals surface area contributed by atoms with Crippen LogP contribution in [0, 0.1) is 0 Å². The molecule has 1 aliphatic heterocycles. The Morgan fingerprint density at radius 1 is 1.47 bits per heavy atom. The Bertz CT molecular complexity index is 340. The lowest BCUT2D eigenvalue weighted by atomic mass is 10.1. The fraction of sp³-hybridized carbons (Fsp3) is 0.600. The lowest BCUT2D eigenvalue weighted by Gasteiger charge is -2.31. The Labute approximate surface area is 100 Å². The minimum atomic E-state index is -2.49. The zero-order valence-corrected chi connectivity index (χ0v) is 10.6. The van der Waals surface area contributed by atoms with Crippen LogP contribution >= 0.6 is 27.3 Å². The van der Waals surface area contributed by atoms with E-state index in [2.05, 4.69) is 15.9 Å². The molecule has 0 unspecified atom stereocenters. The number of thiophene rings is 1. The van der Waals surface area contributed by atoms with Crippen molar-refractivity contribution in [2.24, 2.45) is 0 Å². The summed E-state index contributed by atoms with van der Waals surface area (Å²) in [5.41, 5.74) is 0. The summed E-state index contributed by atoms with van der Waals surface area (Å²) >= 11 is 4.98. The van der Waals surface area contributed by atoms with Gasteiger partial charge in [-0.15, -0.1) is 11.3 Å². The van der Waals surface area contributed by atoms with Crippen LogP contribution < -0.4 is 0 Å². The SMILES string of the molecule is FC1(F)CCCN(Cc2ccc(Br)s2)C1. The van der Waals surface area contributed by atoms with E-state index in [0.717, 1.165) is 15.2 Å². The highest BCUT2D eigenvalue weighted by Gasteiger charge is 2.34. The molecule has 0 radical (unpaired) electrons. The molecule has 0 spiro atoms. The Hall–Kier alpha value is -0.0000000000000000833. The van der Waals surface area contributed by atoms with E-state index in [-0.39, 0.29) is 13.0 Å². The van der Waals surface area contributed by atoms with Gasteiger partial charge < -0.3 is 0 Å². The molecule has 84 valence electrons. The van der Waals surface area contributed by atoms with Crippen molar-refractivity contribution in [2.75, 3.05) is 13.1 Å². The van der Waals surface area contributed by atoms with E-state index in [1.165, 1.54) is 0 Å². The van der Waals surface area contributed by atoms with Crippen LogP contribution in [0.4, 0.5) is 8.78 Å². The molecule has 0 bridgehead atoms. The number of piperidine rings is 1. The molecule has 1 nitrogen and oxygen atoms in total. The summed E-state index contributed by atoms with van der Waals surface area (Å²) in [6.07, 6.45) is 0.636. The highest BCUT2D eigenvalue weighted by Crippen LogP contribution is 2.29. The van der Waals surface area contributed by atoms with Crippen molar-refractivity contribution in [3.8, 4) is 0 Å². The molecule has 1 aromatic rings. The summed E-state index contributed by atoms with van der Waals surface area (Å²) < 4.78 is 27.3. The highest BCUT2D eigenvalue weighted by molar-refractivity contribution is 9.11. The van der Waals surface area contributed by atoms with Gasteiger partial charge in [0, 0.05) is 17.8 Å². The minimum Gasteiger partial charge on any atom is -0.292 e. The summed E-state index contributed by atoms with van der Waals surface area (Å²) in [4.78, 5) is 2.97. The van der Waals surface area contributed by atoms with Gasteiger partial charge in [-0.25, -0.2) is 8.78 Å². The zero-order chi connectivity index (χ0) is 10.9. The maximum Gasteiger partial charge on any atom is 0.260 e. The van der Waals surface area contributed by atoms with Gasteiger partial charge in [-0.2, -0.15) is 0 Å². The average molecular weight is 296 g/mol. The van der Waals surface area contributed by atoms with Crippen molar-refractivity contribution >= 4 is 27.3 Å². The Morgan fingerprint density at radius 3 is 2.87 bits per heavy atom. The van der Waals surface area contributed by atoms with Gasteiger partial charge in [0.25, 0.3) is 5.92 Å². The first-order valence-electron chi connectivity index (χ1n) is 4.90. The lowest BCUT2D eigenvalue weighted by molar-refractivity contribution is -0.0658. The summed E-state index contributed by atoms with van der Waals surface area (Å²) in [5, 5.41) is 0. The van der Waals surface area contributed by atoms with E-state index in [9.17, 15) is 8.78 Å². The molecule has 0 aliphatic carbocycles. The molecule has 1 fully saturated rings. The highest BCUT2D eigenvalue weighted by atomic mass is 79.9. The number of halogens is 3. The Balaban J connectivity index is 1.95. The van der Waals surface area contributed by atoms with Crippen molar-refractivity contribution < 1.29 is 8.78 Å². The third-order valence-corrected chi connectivity index (χ3v) is 4.09. The van der Waals surface area contributed by atoms with E-state index >= 15 is 0 Å². The number of nitrogens with zero attached hydrogens (tertiary/aromatic N) is 1. The van der Waals surface area contributed by atoms with E-state index in [0.29, 0.717) is 13.0 Å². The molecule has 5 heteroatoms. The van der Waals surface area contributed by atoms with Crippen LogP contribution in [-0.2, 0) is 6.54 Å². The van der Waals surface area contributed by atoms with E-state index in [1.807, 2.05) is 17.0 Å². The first-order chi connectivity index (χ1) is 7.05. The van der Waals surface area contributed by atoms with Crippen LogP contribution in [-0.4, -0.2) is 23.9 Å². The average Bonchev–Trinajstić information content (AvgIpc) is 2.49. The molecule has 1 aliphatic rings. The van der Waals surface area contributed by atoms with Gasteiger partial charge >= 0.3 is 0 Å². The maximum absolute atomic E-state index is 13.1. The molecule has 0 N–H and O–H groups in total. The van der Waals surface area contributed by atoms with Gasteiger partial charge in [0.2, 0.25) is 0 Å². The number of hydrogen-bond donors (Lipinski definition) is 0. The van der Waals surface area contributed by atoms with Crippen LogP contribution in [0.5, 0.6) is 0 Å². The largest absolute Gasteiger partial charge is 0.292 e. The fourth-order valence-electron chi connectivity index (χ4n) is 1.84. The number of alkyl halides is 2. The third-order valence-electron chi connectivity index (χ3n) is 2.48. The molecule has 0 saturated carbocycles. The lowest BCUT2D eigenvalue weighted by Crippen LogP contribution is -2.41. The zero-order valence-electron chi connectivity index (χ0n) is 8.18. The van der Waals surface area contributed by atoms with Crippen LogP contribution in [0.2, 0.25) is 0 Å². The van der Waals surface area contributed by atoms with Crippen molar-refractivity contribution in [3.63, 3.8) is 0 Å². The van der Waals surface area contributed by atoms with Gasteiger partial charge in [-0.3, -0.25) is 4.90 Å². The molecule has 1 aromatic heterocycles. The number of hydrogen-bond acceptors (Lipinski definition) is 2.